The largest absolute Gasteiger partial charge is 0.481 e. The van der Waals surface area contributed by atoms with Gasteiger partial charge in [0.15, 0.2) is 0 Å². The summed E-state index contributed by atoms with van der Waals surface area (Å²) >= 11 is 1.57. The summed E-state index contributed by atoms with van der Waals surface area (Å²) in [5.74, 6) is -0.309. The molecule has 140 valence electrons. The number of carbonyl (C=O) groups excluding carboxylic acids is 1. The van der Waals surface area contributed by atoms with Gasteiger partial charge in [0.1, 0.15) is 5.60 Å². The fourth-order valence-electron chi connectivity index (χ4n) is 3.41. The molecule has 0 aliphatic heterocycles. The minimum Gasteiger partial charge on any atom is -0.481 e. The van der Waals surface area contributed by atoms with Crippen molar-refractivity contribution in [3.63, 3.8) is 0 Å². The molecule has 0 bridgehead atoms. The first-order valence-electron chi connectivity index (χ1n) is 9.04. The second kappa shape index (κ2) is 8.30. The van der Waals surface area contributed by atoms with E-state index in [4.69, 9.17) is 9.84 Å². The molecule has 1 aliphatic carbocycles. The summed E-state index contributed by atoms with van der Waals surface area (Å²) in [6.45, 7) is 7.68. The third-order valence-corrected chi connectivity index (χ3v) is 5.81. The van der Waals surface area contributed by atoms with E-state index in [0.717, 1.165) is 37.1 Å². The zero-order chi connectivity index (χ0) is 18.6. The zero-order valence-corrected chi connectivity index (χ0v) is 16.4. The number of nitrogens with zero attached hydrogens (tertiary/aromatic N) is 1. The van der Waals surface area contributed by atoms with Gasteiger partial charge in [0.2, 0.25) is 0 Å². The Morgan fingerprint density at radius 3 is 2.68 bits per heavy atom. The predicted octanol–water partition coefficient (Wildman–Crippen LogP) is 4.41. The van der Waals surface area contributed by atoms with E-state index in [-0.39, 0.29) is 18.3 Å². The van der Waals surface area contributed by atoms with Gasteiger partial charge in [-0.3, -0.25) is 9.59 Å². The molecular weight excluding hydrogens is 338 g/mol. The van der Waals surface area contributed by atoms with Gasteiger partial charge in [-0.25, -0.2) is 4.98 Å². The molecule has 0 spiro atoms. The molecule has 0 radical (unpaired) electrons. The summed E-state index contributed by atoms with van der Waals surface area (Å²) in [5, 5.41) is 11.8. The van der Waals surface area contributed by atoms with Crippen LogP contribution in [0.15, 0.2) is 5.38 Å². The Morgan fingerprint density at radius 1 is 1.32 bits per heavy atom. The quantitative estimate of drug-likeness (QED) is 0.616. The summed E-state index contributed by atoms with van der Waals surface area (Å²) in [7, 11) is 0. The minimum atomic E-state index is -0.844. The van der Waals surface area contributed by atoms with Crippen LogP contribution >= 0.6 is 11.3 Å². The van der Waals surface area contributed by atoms with Crippen molar-refractivity contribution in [2.75, 3.05) is 0 Å². The van der Waals surface area contributed by atoms with E-state index in [1.807, 2.05) is 33.1 Å². The lowest BCUT2D eigenvalue weighted by Gasteiger charge is -2.26. The molecule has 6 heteroatoms. The molecule has 1 saturated carbocycles. The van der Waals surface area contributed by atoms with E-state index < -0.39 is 11.6 Å². The van der Waals surface area contributed by atoms with Crippen LogP contribution in [0.25, 0.3) is 0 Å². The normalized spacial score (nSPS) is 22.9. The van der Waals surface area contributed by atoms with Crippen molar-refractivity contribution in [3.05, 3.63) is 16.1 Å². The molecule has 1 aromatic rings. The number of ether oxygens (including phenoxy) is 1. The zero-order valence-electron chi connectivity index (χ0n) is 15.6. The Kier molecular flexibility index (Phi) is 6.60. The van der Waals surface area contributed by atoms with Crippen molar-refractivity contribution in [2.24, 2.45) is 11.8 Å². The first kappa shape index (κ1) is 19.9. The number of carboxylic acid groups (broad SMARTS) is 1. The fourth-order valence-corrected chi connectivity index (χ4v) is 4.40. The summed E-state index contributed by atoms with van der Waals surface area (Å²) in [5.41, 5.74) is 0.204. The molecular formula is C19H29NO4S. The van der Waals surface area contributed by atoms with Crippen molar-refractivity contribution in [1.29, 1.82) is 0 Å². The Labute approximate surface area is 153 Å². The smallest absolute Gasteiger partial charge is 0.309 e. The molecule has 1 N–H and O–H groups in total. The highest BCUT2D eigenvalue weighted by atomic mass is 32.1. The number of hydrogen-bond acceptors (Lipinski definition) is 5. The molecule has 0 aromatic carbocycles. The lowest BCUT2D eigenvalue weighted by Crippen LogP contribution is -2.31. The van der Waals surface area contributed by atoms with E-state index in [2.05, 4.69) is 4.98 Å². The van der Waals surface area contributed by atoms with Gasteiger partial charge in [0.25, 0.3) is 0 Å². The predicted molar refractivity (Wildman–Crippen MR) is 97.8 cm³/mol. The third kappa shape index (κ3) is 6.10. The maximum atomic E-state index is 12.3. The summed E-state index contributed by atoms with van der Waals surface area (Å²) < 4.78 is 5.54. The summed E-state index contributed by atoms with van der Waals surface area (Å²) in [6.07, 6.45) is 5.12. The number of hydrogen-bond donors (Lipinski definition) is 1. The van der Waals surface area contributed by atoms with Crippen molar-refractivity contribution in [1.82, 2.24) is 4.98 Å². The van der Waals surface area contributed by atoms with Crippen LogP contribution in [0.4, 0.5) is 0 Å². The second-order valence-electron chi connectivity index (χ2n) is 8.03. The van der Waals surface area contributed by atoms with Gasteiger partial charge in [0.05, 0.1) is 23.0 Å². The van der Waals surface area contributed by atoms with Crippen LogP contribution < -0.4 is 0 Å². The number of aliphatic carboxylic acids is 1. The topological polar surface area (TPSA) is 76.5 Å². The molecule has 1 aromatic heterocycles. The van der Waals surface area contributed by atoms with Gasteiger partial charge in [0, 0.05) is 11.3 Å². The number of thiazole rings is 1. The van der Waals surface area contributed by atoms with Crippen molar-refractivity contribution < 1.29 is 19.4 Å². The van der Waals surface area contributed by atoms with Crippen molar-refractivity contribution in [2.45, 2.75) is 77.7 Å². The molecule has 0 amide bonds. The van der Waals surface area contributed by atoms with E-state index in [0.29, 0.717) is 17.5 Å². The van der Waals surface area contributed by atoms with Gasteiger partial charge in [-0.15, -0.1) is 11.3 Å². The Bertz CT molecular complexity index is 605. The Morgan fingerprint density at radius 2 is 2.04 bits per heavy atom. The number of aromatic nitrogens is 1. The van der Waals surface area contributed by atoms with E-state index in [1.165, 1.54) is 0 Å². The first-order valence-corrected chi connectivity index (χ1v) is 9.92. The van der Waals surface area contributed by atoms with Gasteiger partial charge >= 0.3 is 11.9 Å². The van der Waals surface area contributed by atoms with Gasteiger partial charge < -0.3 is 9.84 Å². The highest BCUT2D eigenvalue weighted by Crippen LogP contribution is 2.38. The molecule has 1 fully saturated rings. The fraction of sp³-hybridized carbons (Fsp3) is 0.737. The molecule has 5 nitrogen and oxygen atoms in total. The maximum absolute atomic E-state index is 12.3. The Hall–Kier alpha value is -1.43. The number of carbonyl (C=O) groups is 2. The monoisotopic (exact) mass is 367 g/mol. The van der Waals surface area contributed by atoms with Crippen molar-refractivity contribution in [3.8, 4) is 0 Å². The lowest BCUT2D eigenvalue weighted by molar-refractivity contribution is -0.161. The van der Waals surface area contributed by atoms with Crippen LogP contribution in [0.2, 0.25) is 0 Å². The molecule has 3 atom stereocenters. The van der Waals surface area contributed by atoms with Gasteiger partial charge in [-0.2, -0.15) is 0 Å². The van der Waals surface area contributed by atoms with Crippen LogP contribution in [0, 0.1) is 11.8 Å². The maximum Gasteiger partial charge on any atom is 0.309 e. The van der Waals surface area contributed by atoms with Crippen LogP contribution in [0.3, 0.4) is 0 Å². The average Bonchev–Trinajstić information content (AvgIpc) is 2.80. The van der Waals surface area contributed by atoms with Gasteiger partial charge in [-0.1, -0.05) is 13.3 Å². The lowest BCUT2D eigenvalue weighted by atomic mass is 9.87. The van der Waals surface area contributed by atoms with Crippen LogP contribution in [-0.4, -0.2) is 27.6 Å². The molecule has 1 aliphatic rings. The number of rotatable bonds is 5. The van der Waals surface area contributed by atoms with Crippen LogP contribution in [-0.2, 0) is 20.7 Å². The number of esters is 1. The van der Waals surface area contributed by atoms with Gasteiger partial charge in [-0.05, 0) is 52.4 Å². The SMILES string of the molecule is CC(C(=O)OC(C)(C)C)C1CCCC(c2nc(CC(=O)O)cs2)CC1. The highest BCUT2D eigenvalue weighted by molar-refractivity contribution is 7.09. The third-order valence-electron chi connectivity index (χ3n) is 4.75. The van der Waals surface area contributed by atoms with Crippen LogP contribution in [0.5, 0.6) is 0 Å². The van der Waals surface area contributed by atoms with Crippen molar-refractivity contribution >= 4 is 23.3 Å². The summed E-state index contributed by atoms with van der Waals surface area (Å²) in [4.78, 5) is 27.7. The molecule has 1 heterocycles. The molecule has 2 rings (SSSR count). The molecule has 25 heavy (non-hydrogen) atoms. The van der Waals surface area contributed by atoms with E-state index >= 15 is 0 Å². The first-order chi connectivity index (χ1) is 11.7. The van der Waals surface area contributed by atoms with E-state index in [9.17, 15) is 9.59 Å². The standard InChI is InChI=1S/C19H29NO4S/c1-12(18(23)24-19(2,3)4)13-6-5-7-14(9-8-13)17-20-15(11-25-17)10-16(21)22/h11-14H,5-10H2,1-4H3,(H,21,22). The van der Waals surface area contributed by atoms with Crippen LogP contribution in [0.1, 0.15) is 76.4 Å². The van der Waals surface area contributed by atoms with E-state index in [1.54, 1.807) is 11.3 Å². The summed E-state index contributed by atoms with van der Waals surface area (Å²) in [6, 6.07) is 0. The minimum absolute atomic E-state index is 0.0124. The molecule has 3 unspecified atom stereocenters. The average molecular weight is 368 g/mol. The highest BCUT2D eigenvalue weighted by Gasteiger charge is 2.31. The second-order valence-corrected chi connectivity index (χ2v) is 8.92. The Balaban J connectivity index is 1.94. The molecule has 0 saturated heterocycles. The number of carboxylic acids is 1.